The number of hydrogen-bond donors (Lipinski definition) is 1. The lowest BCUT2D eigenvalue weighted by atomic mass is 10.3. The maximum absolute atomic E-state index is 5.43. The van der Waals surface area contributed by atoms with E-state index in [-0.39, 0.29) is 0 Å². The lowest BCUT2D eigenvalue weighted by molar-refractivity contribution is 0.324. The van der Waals surface area contributed by atoms with Gasteiger partial charge in [-0.3, -0.25) is 0 Å². The summed E-state index contributed by atoms with van der Waals surface area (Å²) < 4.78 is 5.43. The highest BCUT2D eigenvalue weighted by molar-refractivity contribution is 5.47. The molecule has 0 spiro atoms. The summed E-state index contributed by atoms with van der Waals surface area (Å²) in [5.74, 6) is 2.13. The molecule has 100 valence electrons. The number of aromatic nitrogens is 4. The van der Waals surface area contributed by atoms with Gasteiger partial charge in [-0.25, -0.2) is 19.9 Å². The highest BCUT2D eigenvalue weighted by atomic mass is 16.5. The zero-order chi connectivity index (χ0) is 13.7. The van der Waals surface area contributed by atoms with Crippen LogP contribution in [0.4, 0.5) is 5.82 Å². The third-order valence-corrected chi connectivity index (χ3v) is 2.59. The topological polar surface area (TPSA) is 72.8 Å². The van der Waals surface area contributed by atoms with Crippen molar-refractivity contribution >= 4 is 5.82 Å². The van der Waals surface area contributed by atoms with Crippen LogP contribution in [-0.2, 0) is 6.54 Å². The molecule has 6 heteroatoms. The van der Waals surface area contributed by atoms with E-state index in [1.54, 1.807) is 6.20 Å². The zero-order valence-corrected chi connectivity index (χ0v) is 11.3. The molecule has 19 heavy (non-hydrogen) atoms. The molecule has 0 radical (unpaired) electrons. The highest BCUT2D eigenvalue weighted by Gasteiger charge is 2.07. The average molecular weight is 259 g/mol. The third kappa shape index (κ3) is 3.37. The van der Waals surface area contributed by atoms with Gasteiger partial charge in [0.2, 0.25) is 5.88 Å². The van der Waals surface area contributed by atoms with Gasteiger partial charge in [0.15, 0.2) is 0 Å². The third-order valence-electron chi connectivity index (χ3n) is 2.59. The lowest BCUT2D eigenvalue weighted by Crippen LogP contribution is -2.07. The fourth-order valence-electron chi connectivity index (χ4n) is 1.67. The quantitative estimate of drug-likeness (QED) is 0.884. The summed E-state index contributed by atoms with van der Waals surface area (Å²) in [6.45, 7) is 6.90. The van der Waals surface area contributed by atoms with Gasteiger partial charge in [0, 0.05) is 6.20 Å². The SMILES string of the molecule is CCOc1ncnc(NCc2ccnc(C)n2)c1C. The molecule has 1 N–H and O–H groups in total. The Labute approximate surface area is 112 Å². The van der Waals surface area contributed by atoms with E-state index in [1.807, 2.05) is 26.8 Å². The first-order valence-electron chi connectivity index (χ1n) is 6.17. The molecule has 0 aliphatic heterocycles. The van der Waals surface area contributed by atoms with E-state index < -0.39 is 0 Å². The molecule has 2 heterocycles. The maximum atomic E-state index is 5.43. The Bertz CT molecular complexity index is 558. The number of anilines is 1. The molecule has 2 rings (SSSR count). The van der Waals surface area contributed by atoms with Gasteiger partial charge in [0.25, 0.3) is 0 Å². The Morgan fingerprint density at radius 1 is 1.21 bits per heavy atom. The second-order valence-corrected chi connectivity index (χ2v) is 4.03. The van der Waals surface area contributed by atoms with E-state index in [4.69, 9.17) is 4.74 Å². The minimum absolute atomic E-state index is 0.586. The van der Waals surface area contributed by atoms with Crippen LogP contribution in [0.1, 0.15) is 24.0 Å². The summed E-state index contributed by atoms with van der Waals surface area (Å²) >= 11 is 0. The number of aryl methyl sites for hydroxylation is 1. The molecule has 0 saturated carbocycles. The Balaban J connectivity index is 2.09. The van der Waals surface area contributed by atoms with Crippen molar-refractivity contribution in [1.29, 1.82) is 0 Å². The number of nitrogens with one attached hydrogen (secondary N) is 1. The molecular formula is C13H17N5O. The molecule has 0 saturated heterocycles. The van der Waals surface area contributed by atoms with Crippen molar-refractivity contribution < 1.29 is 4.74 Å². The van der Waals surface area contributed by atoms with Crippen LogP contribution < -0.4 is 10.1 Å². The van der Waals surface area contributed by atoms with Gasteiger partial charge < -0.3 is 10.1 Å². The fraction of sp³-hybridized carbons (Fsp3) is 0.385. The summed E-state index contributed by atoms with van der Waals surface area (Å²) in [6, 6.07) is 1.87. The van der Waals surface area contributed by atoms with Crippen molar-refractivity contribution in [2.75, 3.05) is 11.9 Å². The smallest absolute Gasteiger partial charge is 0.221 e. The predicted octanol–water partition coefficient (Wildman–Crippen LogP) is 1.89. The largest absolute Gasteiger partial charge is 0.478 e. The van der Waals surface area contributed by atoms with Gasteiger partial charge in [-0.05, 0) is 26.8 Å². The molecule has 6 nitrogen and oxygen atoms in total. The van der Waals surface area contributed by atoms with E-state index in [1.165, 1.54) is 6.33 Å². The molecule has 0 aromatic carbocycles. The lowest BCUT2D eigenvalue weighted by Gasteiger charge is -2.11. The van der Waals surface area contributed by atoms with Gasteiger partial charge in [0.05, 0.1) is 24.4 Å². The predicted molar refractivity (Wildman–Crippen MR) is 72.0 cm³/mol. The zero-order valence-electron chi connectivity index (χ0n) is 11.3. The number of nitrogens with zero attached hydrogens (tertiary/aromatic N) is 4. The Morgan fingerprint density at radius 3 is 2.79 bits per heavy atom. The number of rotatable bonds is 5. The van der Waals surface area contributed by atoms with Crippen molar-refractivity contribution in [2.45, 2.75) is 27.3 Å². The molecule has 0 bridgehead atoms. The Kier molecular flexibility index (Phi) is 4.22. The van der Waals surface area contributed by atoms with Crippen LogP contribution in [0.5, 0.6) is 5.88 Å². The molecule has 0 amide bonds. The van der Waals surface area contributed by atoms with Crippen molar-refractivity contribution in [3.63, 3.8) is 0 Å². The van der Waals surface area contributed by atoms with Gasteiger partial charge in [-0.1, -0.05) is 0 Å². The molecule has 0 aliphatic rings. The number of ether oxygens (including phenoxy) is 1. The van der Waals surface area contributed by atoms with E-state index in [0.29, 0.717) is 19.0 Å². The second-order valence-electron chi connectivity index (χ2n) is 4.03. The van der Waals surface area contributed by atoms with Crippen LogP contribution in [0.25, 0.3) is 0 Å². The minimum atomic E-state index is 0.586. The molecule has 2 aromatic rings. The van der Waals surface area contributed by atoms with Gasteiger partial charge in [0.1, 0.15) is 18.0 Å². The van der Waals surface area contributed by atoms with Crippen LogP contribution in [0, 0.1) is 13.8 Å². The van der Waals surface area contributed by atoms with Crippen molar-refractivity contribution in [2.24, 2.45) is 0 Å². The van der Waals surface area contributed by atoms with E-state index in [2.05, 4.69) is 25.3 Å². The summed E-state index contributed by atoms with van der Waals surface area (Å²) in [5.41, 5.74) is 1.82. The van der Waals surface area contributed by atoms with Gasteiger partial charge >= 0.3 is 0 Å². The molecular weight excluding hydrogens is 242 g/mol. The average Bonchev–Trinajstić information content (AvgIpc) is 2.40. The standard InChI is InChI=1S/C13H17N5O/c1-4-19-13-9(2)12(16-8-17-13)15-7-11-5-6-14-10(3)18-11/h5-6,8H,4,7H2,1-3H3,(H,15,16,17). The van der Waals surface area contributed by atoms with E-state index in [0.717, 1.165) is 22.9 Å². The fourth-order valence-corrected chi connectivity index (χ4v) is 1.67. The number of hydrogen-bond acceptors (Lipinski definition) is 6. The molecule has 0 atom stereocenters. The summed E-state index contributed by atoms with van der Waals surface area (Å²) in [4.78, 5) is 16.7. The second kappa shape index (κ2) is 6.08. The molecule has 2 aromatic heterocycles. The highest BCUT2D eigenvalue weighted by Crippen LogP contribution is 2.20. The van der Waals surface area contributed by atoms with Crippen molar-refractivity contribution in [3.05, 3.63) is 35.7 Å². The summed E-state index contributed by atoms with van der Waals surface area (Å²) in [5, 5.41) is 3.23. The van der Waals surface area contributed by atoms with E-state index in [9.17, 15) is 0 Å². The normalized spacial score (nSPS) is 10.3. The minimum Gasteiger partial charge on any atom is -0.478 e. The maximum Gasteiger partial charge on any atom is 0.221 e. The van der Waals surface area contributed by atoms with E-state index >= 15 is 0 Å². The summed E-state index contributed by atoms with van der Waals surface area (Å²) in [7, 11) is 0. The first-order chi connectivity index (χ1) is 9.20. The van der Waals surface area contributed by atoms with Crippen LogP contribution in [0.3, 0.4) is 0 Å². The molecule has 0 unspecified atom stereocenters. The van der Waals surface area contributed by atoms with Crippen LogP contribution in [0.15, 0.2) is 18.6 Å². The van der Waals surface area contributed by atoms with Crippen LogP contribution in [0.2, 0.25) is 0 Å². The monoisotopic (exact) mass is 259 g/mol. The van der Waals surface area contributed by atoms with Crippen LogP contribution in [-0.4, -0.2) is 26.5 Å². The molecule has 0 fully saturated rings. The Hall–Kier alpha value is -2.24. The molecule has 0 aliphatic carbocycles. The first kappa shape index (κ1) is 13.2. The van der Waals surface area contributed by atoms with Crippen LogP contribution >= 0.6 is 0 Å². The van der Waals surface area contributed by atoms with Gasteiger partial charge in [-0.2, -0.15) is 0 Å². The van der Waals surface area contributed by atoms with Crippen molar-refractivity contribution in [3.8, 4) is 5.88 Å². The van der Waals surface area contributed by atoms with Gasteiger partial charge in [-0.15, -0.1) is 0 Å². The first-order valence-corrected chi connectivity index (χ1v) is 6.17. The summed E-state index contributed by atoms with van der Waals surface area (Å²) in [6.07, 6.45) is 3.24. The Morgan fingerprint density at radius 2 is 2.05 bits per heavy atom. The van der Waals surface area contributed by atoms with Crippen molar-refractivity contribution in [1.82, 2.24) is 19.9 Å².